The Bertz CT molecular complexity index is 588. The van der Waals surface area contributed by atoms with E-state index in [1.165, 1.54) is 24.9 Å². The first kappa shape index (κ1) is 13.3. The fourth-order valence-corrected chi connectivity index (χ4v) is 3.05. The number of hydrogen-bond donors (Lipinski definition) is 0. The van der Waals surface area contributed by atoms with E-state index in [1.807, 2.05) is 23.1 Å². The SMILES string of the molecule is CC(C)n1nccc1-c1cc(C2CCCN2C)ccn1. The van der Waals surface area contributed by atoms with Crippen LogP contribution in [0.25, 0.3) is 11.4 Å². The van der Waals surface area contributed by atoms with E-state index < -0.39 is 0 Å². The Balaban J connectivity index is 1.97. The Hall–Kier alpha value is -1.68. The Morgan fingerprint density at radius 3 is 2.80 bits per heavy atom. The lowest BCUT2D eigenvalue weighted by atomic mass is 10.0. The summed E-state index contributed by atoms with van der Waals surface area (Å²) in [5.74, 6) is 0. The van der Waals surface area contributed by atoms with Gasteiger partial charge in [0.1, 0.15) is 0 Å². The van der Waals surface area contributed by atoms with Crippen molar-refractivity contribution < 1.29 is 0 Å². The van der Waals surface area contributed by atoms with Crippen LogP contribution in [0.5, 0.6) is 0 Å². The summed E-state index contributed by atoms with van der Waals surface area (Å²) in [4.78, 5) is 6.97. The van der Waals surface area contributed by atoms with Gasteiger partial charge in [-0.1, -0.05) is 0 Å². The van der Waals surface area contributed by atoms with Crippen LogP contribution in [0.2, 0.25) is 0 Å². The van der Waals surface area contributed by atoms with Crippen molar-refractivity contribution in [1.29, 1.82) is 0 Å². The lowest BCUT2D eigenvalue weighted by molar-refractivity contribution is 0.317. The van der Waals surface area contributed by atoms with Gasteiger partial charge in [0.05, 0.1) is 11.4 Å². The van der Waals surface area contributed by atoms with Gasteiger partial charge in [0, 0.05) is 24.5 Å². The molecule has 4 nitrogen and oxygen atoms in total. The number of rotatable bonds is 3. The molecule has 0 aromatic carbocycles. The maximum absolute atomic E-state index is 4.54. The lowest BCUT2D eigenvalue weighted by Gasteiger charge is -2.20. The summed E-state index contributed by atoms with van der Waals surface area (Å²) < 4.78 is 2.03. The summed E-state index contributed by atoms with van der Waals surface area (Å²) in [6.07, 6.45) is 6.30. The van der Waals surface area contributed by atoms with Crippen LogP contribution in [-0.4, -0.2) is 33.3 Å². The highest BCUT2D eigenvalue weighted by Crippen LogP contribution is 2.32. The minimum absolute atomic E-state index is 0.347. The van der Waals surface area contributed by atoms with E-state index in [-0.39, 0.29) is 0 Å². The monoisotopic (exact) mass is 270 g/mol. The summed E-state index contributed by atoms with van der Waals surface area (Å²) in [6, 6.07) is 7.30. The summed E-state index contributed by atoms with van der Waals surface area (Å²) in [5, 5.41) is 4.40. The molecule has 1 saturated heterocycles. The Kier molecular flexibility index (Phi) is 3.57. The van der Waals surface area contributed by atoms with Crippen molar-refractivity contribution in [2.24, 2.45) is 0 Å². The Morgan fingerprint density at radius 1 is 1.25 bits per heavy atom. The first-order valence-electron chi connectivity index (χ1n) is 7.37. The second-order valence-corrected chi connectivity index (χ2v) is 5.87. The molecule has 1 atom stereocenters. The standard InChI is InChI=1S/C16H22N4/c1-12(2)20-16(7-9-18-20)14-11-13(6-8-17-14)15-5-4-10-19(15)3/h6-9,11-12,15H,4-5,10H2,1-3H3. The largest absolute Gasteiger partial charge is 0.299 e. The summed E-state index contributed by atoms with van der Waals surface area (Å²) >= 11 is 0. The molecule has 1 unspecified atom stereocenters. The lowest BCUT2D eigenvalue weighted by Crippen LogP contribution is -2.17. The molecule has 3 heterocycles. The minimum atomic E-state index is 0.347. The predicted molar refractivity (Wildman–Crippen MR) is 80.4 cm³/mol. The summed E-state index contributed by atoms with van der Waals surface area (Å²) in [6.45, 7) is 5.47. The molecule has 2 aromatic rings. The van der Waals surface area contributed by atoms with Crippen LogP contribution in [0.15, 0.2) is 30.6 Å². The van der Waals surface area contributed by atoms with Crippen LogP contribution in [0.1, 0.15) is 44.3 Å². The van der Waals surface area contributed by atoms with Crippen molar-refractivity contribution in [1.82, 2.24) is 19.7 Å². The highest BCUT2D eigenvalue weighted by atomic mass is 15.3. The summed E-state index contributed by atoms with van der Waals surface area (Å²) in [5.41, 5.74) is 3.49. The van der Waals surface area contributed by atoms with E-state index in [1.54, 1.807) is 0 Å². The molecule has 0 bridgehead atoms. The molecule has 4 heteroatoms. The second kappa shape index (κ2) is 5.37. The molecule has 0 radical (unpaired) electrons. The fourth-order valence-electron chi connectivity index (χ4n) is 3.05. The van der Waals surface area contributed by atoms with Gasteiger partial charge in [-0.05, 0) is 64.0 Å². The predicted octanol–water partition coefficient (Wildman–Crippen LogP) is 3.29. The van der Waals surface area contributed by atoms with Crippen LogP contribution in [-0.2, 0) is 0 Å². The van der Waals surface area contributed by atoms with Gasteiger partial charge in [0.25, 0.3) is 0 Å². The maximum Gasteiger partial charge on any atom is 0.0886 e. The quantitative estimate of drug-likeness (QED) is 0.858. The smallest absolute Gasteiger partial charge is 0.0886 e. The van der Waals surface area contributed by atoms with Crippen LogP contribution < -0.4 is 0 Å². The first-order chi connectivity index (χ1) is 9.66. The van der Waals surface area contributed by atoms with Gasteiger partial charge in [-0.3, -0.25) is 14.6 Å². The third-order valence-electron chi connectivity index (χ3n) is 4.11. The number of nitrogens with zero attached hydrogens (tertiary/aromatic N) is 4. The molecule has 1 fully saturated rings. The third kappa shape index (κ3) is 2.36. The molecule has 2 aromatic heterocycles. The van der Waals surface area contributed by atoms with E-state index in [4.69, 9.17) is 0 Å². The van der Waals surface area contributed by atoms with Gasteiger partial charge in [0.2, 0.25) is 0 Å². The highest BCUT2D eigenvalue weighted by Gasteiger charge is 2.23. The highest BCUT2D eigenvalue weighted by molar-refractivity contribution is 5.55. The van der Waals surface area contributed by atoms with Gasteiger partial charge in [-0.25, -0.2) is 0 Å². The molecule has 1 aliphatic rings. The molecule has 0 aliphatic carbocycles. The zero-order valence-electron chi connectivity index (χ0n) is 12.5. The van der Waals surface area contributed by atoms with Crippen molar-refractivity contribution in [2.45, 2.75) is 38.8 Å². The molecular weight excluding hydrogens is 248 g/mol. The topological polar surface area (TPSA) is 34.0 Å². The molecular formula is C16H22N4. The zero-order chi connectivity index (χ0) is 14.1. The van der Waals surface area contributed by atoms with Crippen LogP contribution in [0.3, 0.4) is 0 Å². The Labute approximate surface area is 120 Å². The molecule has 106 valence electrons. The van der Waals surface area contributed by atoms with Crippen LogP contribution in [0, 0.1) is 0 Å². The molecule has 0 N–H and O–H groups in total. The second-order valence-electron chi connectivity index (χ2n) is 5.87. The number of likely N-dealkylation sites (tertiary alicyclic amines) is 1. The van der Waals surface area contributed by atoms with Gasteiger partial charge in [0.15, 0.2) is 0 Å². The molecule has 20 heavy (non-hydrogen) atoms. The molecule has 3 rings (SSSR count). The maximum atomic E-state index is 4.54. The van der Waals surface area contributed by atoms with E-state index in [0.717, 1.165) is 11.4 Å². The van der Waals surface area contributed by atoms with E-state index >= 15 is 0 Å². The minimum Gasteiger partial charge on any atom is -0.299 e. The van der Waals surface area contributed by atoms with Crippen LogP contribution >= 0.6 is 0 Å². The molecule has 0 spiro atoms. The Morgan fingerprint density at radius 2 is 2.10 bits per heavy atom. The number of aromatic nitrogens is 3. The average Bonchev–Trinajstić information content (AvgIpc) is 3.07. The molecule has 0 saturated carbocycles. The van der Waals surface area contributed by atoms with Crippen LogP contribution in [0.4, 0.5) is 0 Å². The van der Waals surface area contributed by atoms with Crippen molar-refractivity contribution in [2.75, 3.05) is 13.6 Å². The molecule has 0 amide bonds. The first-order valence-corrected chi connectivity index (χ1v) is 7.37. The number of pyridine rings is 1. The van der Waals surface area contributed by atoms with E-state index in [9.17, 15) is 0 Å². The van der Waals surface area contributed by atoms with E-state index in [0.29, 0.717) is 12.1 Å². The zero-order valence-corrected chi connectivity index (χ0v) is 12.5. The normalized spacial score (nSPS) is 19.9. The van der Waals surface area contributed by atoms with Gasteiger partial charge in [-0.2, -0.15) is 5.10 Å². The van der Waals surface area contributed by atoms with Crippen molar-refractivity contribution in [3.05, 3.63) is 36.2 Å². The van der Waals surface area contributed by atoms with Gasteiger partial charge in [-0.15, -0.1) is 0 Å². The fraction of sp³-hybridized carbons (Fsp3) is 0.500. The third-order valence-corrected chi connectivity index (χ3v) is 4.11. The van der Waals surface area contributed by atoms with Gasteiger partial charge >= 0.3 is 0 Å². The van der Waals surface area contributed by atoms with E-state index in [2.05, 4.69) is 48.0 Å². The van der Waals surface area contributed by atoms with Gasteiger partial charge < -0.3 is 0 Å². The molecule has 1 aliphatic heterocycles. The van der Waals surface area contributed by atoms with Crippen molar-refractivity contribution >= 4 is 0 Å². The van der Waals surface area contributed by atoms with Crippen molar-refractivity contribution in [3.63, 3.8) is 0 Å². The number of hydrogen-bond acceptors (Lipinski definition) is 3. The average molecular weight is 270 g/mol. The summed E-state index contributed by atoms with van der Waals surface area (Å²) in [7, 11) is 2.20. The van der Waals surface area contributed by atoms with Crippen molar-refractivity contribution in [3.8, 4) is 11.4 Å².